The van der Waals surface area contributed by atoms with Gasteiger partial charge in [0, 0.05) is 7.05 Å². The molecule has 2 heterocycles. The van der Waals surface area contributed by atoms with Gasteiger partial charge in [-0.05, 0) is 24.6 Å². The second-order valence-electron chi connectivity index (χ2n) is 6.40. The molecule has 0 bridgehead atoms. The predicted octanol–water partition coefficient (Wildman–Crippen LogP) is 3.77. The predicted molar refractivity (Wildman–Crippen MR) is 106 cm³/mol. The summed E-state index contributed by atoms with van der Waals surface area (Å²) < 4.78 is 2.80. The van der Waals surface area contributed by atoms with Crippen molar-refractivity contribution in [1.29, 1.82) is 0 Å². The Kier molecular flexibility index (Phi) is 4.68. The number of aromatic nitrogens is 4. The maximum Gasteiger partial charge on any atom is 0.276 e. The molecule has 6 nitrogen and oxygen atoms in total. The van der Waals surface area contributed by atoms with Gasteiger partial charge in [0.05, 0.1) is 29.0 Å². The van der Waals surface area contributed by atoms with Gasteiger partial charge in [0.2, 0.25) is 0 Å². The lowest BCUT2D eigenvalue weighted by molar-refractivity contribution is 0.0736. The average Bonchev–Trinajstić information content (AvgIpc) is 3.34. The van der Waals surface area contributed by atoms with Crippen LogP contribution in [-0.4, -0.2) is 37.8 Å². The van der Waals surface area contributed by atoms with Crippen LogP contribution in [0.3, 0.4) is 0 Å². The summed E-state index contributed by atoms with van der Waals surface area (Å²) in [6, 6.07) is 17.8. The normalized spacial score (nSPS) is 12.2. The van der Waals surface area contributed by atoms with Crippen molar-refractivity contribution in [2.75, 3.05) is 7.05 Å². The molecule has 4 aromatic rings. The van der Waals surface area contributed by atoms with Crippen LogP contribution in [0.2, 0.25) is 0 Å². The summed E-state index contributed by atoms with van der Waals surface area (Å²) in [5.41, 5.74) is 2.40. The van der Waals surface area contributed by atoms with Crippen molar-refractivity contribution in [2.45, 2.75) is 19.5 Å². The minimum Gasteiger partial charge on any atom is -0.331 e. The van der Waals surface area contributed by atoms with Crippen molar-refractivity contribution in [2.24, 2.45) is 0 Å². The van der Waals surface area contributed by atoms with Gasteiger partial charge in [0.25, 0.3) is 5.91 Å². The molecule has 0 aliphatic heterocycles. The fourth-order valence-corrected chi connectivity index (χ4v) is 3.90. The number of hydrogen-bond donors (Lipinski definition) is 0. The third-order valence-electron chi connectivity index (χ3n) is 4.51. The van der Waals surface area contributed by atoms with E-state index in [1.165, 1.54) is 0 Å². The first kappa shape index (κ1) is 17.4. The van der Waals surface area contributed by atoms with Crippen LogP contribution in [0.1, 0.15) is 34.0 Å². The van der Waals surface area contributed by atoms with E-state index in [1.54, 1.807) is 34.2 Å². The molecule has 1 atom stereocenters. The van der Waals surface area contributed by atoms with Crippen LogP contribution in [0.15, 0.2) is 60.8 Å². The summed E-state index contributed by atoms with van der Waals surface area (Å²) in [7, 11) is 1.77. The number of para-hydroxylation sites is 1. The SMILES string of the molecule is CC(c1nc2ccccc2s1)N(C)C(=O)c1cn(Cc2ccccc2)nn1. The van der Waals surface area contributed by atoms with Crippen LogP contribution >= 0.6 is 11.3 Å². The van der Waals surface area contributed by atoms with E-state index in [0.29, 0.717) is 12.2 Å². The number of nitrogens with zero attached hydrogens (tertiary/aromatic N) is 5. The van der Waals surface area contributed by atoms with Gasteiger partial charge in [-0.15, -0.1) is 16.4 Å². The van der Waals surface area contributed by atoms with E-state index in [0.717, 1.165) is 20.8 Å². The Labute approximate surface area is 161 Å². The molecule has 2 aromatic carbocycles. The molecule has 1 amide bonds. The summed E-state index contributed by atoms with van der Waals surface area (Å²) in [6.45, 7) is 2.56. The number of hydrogen-bond acceptors (Lipinski definition) is 5. The van der Waals surface area contributed by atoms with Crippen molar-refractivity contribution in [3.8, 4) is 0 Å². The molecule has 27 heavy (non-hydrogen) atoms. The Bertz CT molecular complexity index is 1040. The van der Waals surface area contributed by atoms with Gasteiger partial charge in [-0.2, -0.15) is 0 Å². The Morgan fingerprint density at radius 2 is 1.89 bits per heavy atom. The summed E-state index contributed by atoms with van der Waals surface area (Å²) in [5.74, 6) is -0.166. The van der Waals surface area contributed by atoms with Crippen molar-refractivity contribution >= 4 is 27.5 Å². The van der Waals surface area contributed by atoms with Gasteiger partial charge < -0.3 is 4.90 Å². The van der Waals surface area contributed by atoms with Gasteiger partial charge in [-0.1, -0.05) is 47.7 Å². The van der Waals surface area contributed by atoms with E-state index < -0.39 is 0 Å². The number of amides is 1. The molecule has 0 spiro atoms. The fourth-order valence-electron chi connectivity index (χ4n) is 2.84. The molecule has 0 N–H and O–H groups in total. The van der Waals surface area contributed by atoms with E-state index in [1.807, 2.05) is 61.5 Å². The summed E-state index contributed by atoms with van der Waals surface area (Å²) in [6.07, 6.45) is 1.69. The van der Waals surface area contributed by atoms with Gasteiger partial charge >= 0.3 is 0 Å². The highest BCUT2D eigenvalue weighted by Crippen LogP contribution is 2.29. The summed E-state index contributed by atoms with van der Waals surface area (Å²) >= 11 is 1.61. The lowest BCUT2D eigenvalue weighted by atomic mass is 10.2. The molecule has 136 valence electrons. The highest BCUT2D eigenvalue weighted by molar-refractivity contribution is 7.18. The molecule has 0 radical (unpaired) electrons. The Hall–Kier alpha value is -3.06. The molecular formula is C20H19N5OS. The van der Waals surface area contributed by atoms with E-state index in [2.05, 4.69) is 15.3 Å². The zero-order chi connectivity index (χ0) is 18.8. The second-order valence-corrected chi connectivity index (χ2v) is 7.46. The van der Waals surface area contributed by atoms with E-state index in [4.69, 9.17) is 0 Å². The van der Waals surface area contributed by atoms with Crippen LogP contribution in [0, 0.1) is 0 Å². The molecule has 0 saturated heterocycles. The number of benzene rings is 2. The number of thiazole rings is 1. The van der Waals surface area contributed by atoms with Gasteiger partial charge in [0.15, 0.2) is 5.69 Å². The summed E-state index contributed by atoms with van der Waals surface area (Å²) in [4.78, 5) is 19.1. The molecule has 7 heteroatoms. The standard InChI is InChI=1S/C20H19N5OS/c1-14(19-21-16-10-6-7-11-18(16)27-19)24(2)20(26)17-13-25(23-22-17)12-15-8-4-3-5-9-15/h3-11,13-14H,12H2,1-2H3. The smallest absolute Gasteiger partial charge is 0.276 e. The van der Waals surface area contributed by atoms with Crippen LogP contribution < -0.4 is 0 Å². The summed E-state index contributed by atoms with van der Waals surface area (Å²) in [5, 5.41) is 9.05. The maximum atomic E-state index is 12.8. The molecule has 0 fully saturated rings. The molecule has 0 aliphatic carbocycles. The topological polar surface area (TPSA) is 63.9 Å². The minimum atomic E-state index is -0.166. The van der Waals surface area contributed by atoms with Crippen LogP contribution in [-0.2, 0) is 6.54 Å². The molecular weight excluding hydrogens is 358 g/mol. The van der Waals surface area contributed by atoms with Gasteiger partial charge in [-0.25, -0.2) is 9.67 Å². The van der Waals surface area contributed by atoms with Crippen molar-refractivity contribution < 1.29 is 4.79 Å². The molecule has 1 unspecified atom stereocenters. The molecule has 2 aromatic heterocycles. The highest BCUT2D eigenvalue weighted by atomic mass is 32.1. The minimum absolute atomic E-state index is 0.144. The largest absolute Gasteiger partial charge is 0.331 e. The molecule has 0 aliphatic rings. The fraction of sp³-hybridized carbons (Fsp3) is 0.200. The van der Waals surface area contributed by atoms with Crippen molar-refractivity contribution in [1.82, 2.24) is 24.9 Å². The van der Waals surface area contributed by atoms with Gasteiger partial charge in [-0.3, -0.25) is 4.79 Å². The maximum absolute atomic E-state index is 12.8. The first-order valence-electron chi connectivity index (χ1n) is 8.68. The van der Waals surface area contributed by atoms with E-state index in [-0.39, 0.29) is 11.9 Å². The molecule has 4 rings (SSSR count). The van der Waals surface area contributed by atoms with Crippen LogP contribution in [0.4, 0.5) is 0 Å². The number of carbonyl (C=O) groups is 1. The lowest BCUT2D eigenvalue weighted by Gasteiger charge is -2.22. The Balaban J connectivity index is 1.50. The van der Waals surface area contributed by atoms with E-state index in [9.17, 15) is 4.79 Å². The van der Waals surface area contributed by atoms with Crippen molar-refractivity contribution in [3.05, 3.63) is 77.1 Å². The monoisotopic (exact) mass is 377 g/mol. The molecule has 0 saturated carbocycles. The number of carbonyl (C=O) groups excluding carboxylic acids is 1. The third kappa shape index (κ3) is 3.59. The lowest BCUT2D eigenvalue weighted by Crippen LogP contribution is -2.29. The average molecular weight is 377 g/mol. The second kappa shape index (κ2) is 7.28. The first-order chi connectivity index (χ1) is 13.1. The van der Waals surface area contributed by atoms with Crippen LogP contribution in [0.25, 0.3) is 10.2 Å². The number of rotatable bonds is 5. The zero-order valence-electron chi connectivity index (χ0n) is 15.1. The van der Waals surface area contributed by atoms with Gasteiger partial charge in [0.1, 0.15) is 5.01 Å². The van der Waals surface area contributed by atoms with Crippen molar-refractivity contribution in [3.63, 3.8) is 0 Å². The quantitative estimate of drug-likeness (QED) is 0.531. The van der Waals surface area contributed by atoms with E-state index >= 15 is 0 Å². The number of fused-ring (bicyclic) bond motifs is 1. The Morgan fingerprint density at radius 3 is 2.67 bits per heavy atom. The third-order valence-corrected chi connectivity index (χ3v) is 5.72. The zero-order valence-corrected chi connectivity index (χ0v) is 15.9. The highest BCUT2D eigenvalue weighted by Gasteiger charge is 2.24. The first-order valence-corrected chi connectivity index (χ1v) is 9.50. The van der Waals surface area contributed by atoms with Crippen LogP contribution in [0.5, 0.6) is 0 Å². The Morgan fingerprint density at radius 1 is 1.15 bits per heavy atom.